The molecule has 0 aromatic heterocycles. The fourth-order valence-corrected chi connectivity index (χ4v) is 2.72. The van der Waals surface area contributed by atoms with Crippen LogP contribution in [0.3, 0.4) is 0 Å². The Bertz CT molecular complexity index is 509. The van der Waals surface area contributed by atoms with Crippen LogP contribution in [0.5, 0.6) is 0 Å². The van der Waals surface area contributed by atoms with Gasteiger partial charge in [-0.3, -0.25) is 9.59 Å². The highest BCUT2D eigenvalue weighted by Crippen LogP contribution is 2.23. The number of alkyl carbamates (subject to hydrolysis) is 1. The molecule has 2 N–H and O–H groups in total. The number of rotatable bonds is 6. The smallest absolute Gasteiger partial charge is 0.407 e. The molecule has 150 valence electrons. The van der Waals surface area contributed by atoms with Crippen molar-refractivity contribution in [1.82, 2.24) is 15.5 Å². The first kappa shape index (κ1) is 22.5. The molecule has 0 atom stereocenters. The Morgan fingerprint density at radius 3 is 2.19 bits per heavy atom. The number of amides is 3. The van der Waals surface area contributed by atoms with E-state index in [1.165, 1.54) is 0 Å². The molecule has 8 heteroatoms. The molecule has 0 spiro atoms. The number of halogens is 1. The molecule has 0 bridgehead atoms. The quantitative estimate of drug-likeness (QED) is 0.682. The van der Waals surface area contributed by atoms with Gasteiger partial charge >= 0.3 is 6.09 Å². The third-order valence-corrected chi connectivity index (χ3v) is 4.75. The largest absolute Gasteiger partial charge is 0.444 e. The number of likely N-dealkylation sites (tertiary alicyclic amines) is 1. The number of carbonyl (C=O) groups excluding carboxylic acids is 3. The molecule has 0 radical (unpaired) electrons. The van der Waals surface area contributed by atoms with Gasteiger partial charge in [-0.25, -0.2) is 4.79 Å². The minimum atomic E-state index is -0.565. The van der Waals surface area contributed by atoms with Crippen LogP contribution in [0.1, 0.15) is 53.9 Å². The van der Waals surface area contributed by atoms with E-state index in [-0.39, 0.29) is 36.7 Å². The molecule has 0 aromatic rings. The van der Waals surface area contributed by atoms with Crippen LogP contribution in [0.2, 0.25) is 0 Å². The number of hydrogen-bond acceptors (Lipinski definition) is 4. The average Bonchev–Trinajstić information content (AvgIpc) is 2.53. The van der Waals surface area contributed by atoms with Gasteiger partial charge in [0, 0.05) is 38.0 Å². The second-order valence-corrected chi connectivity index (χ2v) is 8.60. The molecule has 1 saturated heterocycles. The van der Waals surface area contributed by atoms with Crippen LogP contribution in [-0.2, 0) is 14.3 Å². The molecule has 0 saturated carbocycles. The molecular formula is C18H32ClN3O4. The SMILES string of the molecule is CC(C)(C)OC(=O)NCCC(=O)NC1CCN(C(=O)C(C)(C)CCl)CC1. The van der Waals surface area contributed by atoms with Crippen molar-refractivity contribution in [3.63, 3.8) is 0 Å². The standard InChI is InChI=1S/C18H32ClN3O4/c1-17(2,3)26-16(25)20-9-6-14(23)21-13-7-10-22(11-8-13)15(24)18(4,5)12-19/h13H,6-12H2,1-5H3,(H,20,25)(H,21,23). The van der Waals surface area contributed by atoms with Crippen molar-refractivity contribution in [2.45, 2.75) is 65.5 Å². The molecule has 0 unspecified atom stereocenters. The second kappa shape index (κ2) is 9.44. The van der Waals surface area contributed by atoms with Crippen LogP contribution in [0, 0.1) is 5.41 Å². The summed E-state index contributed by atoms with van der Waals surface area (Å²) in [6.07, 6.45) is 1.10. The summed E-state index contributed by atoms with van der Waals surface area (Å²) in [4.78, 5) is 37.7. The van der Waals surface area contributed by atoms with Crippen molar-refractivity contribution in [3.05, 3.63) is 0 Å². The summed E-state index contributed by atoms with van der Waals surface area (Å²) >= 11 is 5.87. The van der Waals surface area contributed by atoms with E-state index in [4.69, 9.17) is 16.3 Å². The van der Waals surface area contributed by atoms with E-state index in [2.05, 4.69) is 10.6 Å². The summed E-state index contributed by atoms with van der Waals surface area (Å²) in [5.74, 6) is 0.221. The summed E-state index contributed by atoms with van der Waals surface area (Å²) < 4.78 is 5.11. The molecule has 1 rings (SSSR count). The molecular weight excluding hydrogens is 358 g/mol. The Kier molecular flexibility index (Phi) is 8.18. The number of nitrogens with one attached hydrogen (secondary N) is 2. The highest BCUT2D eigenvalue weighted by Gasteiger charge is 2.33. The van der Waals surface area contributed by atoms with Crippen molar-refractivity contribution < 1.29 is 19.1 Å². The fourth-order valence-electron chi connectivity index (χ4n) is 2.60. The van der Waals surface area contributed by atoms with E-state index in [9.17, 15) is 14.4 Å². The Labute approximate surface area is 161 Å². The number of ether oxygens (including phenoxy) is 1. The van der Waals surface area contributed by atoms with Gasteiger partial charge in [0.1, 0.15) is 5.60 Å². The zero-order chi connectivity index (χ0) is 20.0. The topological polar surface area (TPSA) is 87.7 Å². The minimum absolute atomic E-state index is 0.0483. The molecule has 1 fully saturated rings. The normalized spacial score (nSPS) is 16.2. The van der Waals surface area contributed by atoms with Gasteiger partial charge in [0.05, 0.1) is 5.41 Å². The predicted molar refractivity (Wildman–Crippen MR) is 101 cm³/mol. The van der Waals surface area contributed by atoms with Gasteiger partial charge in [-0.2, -0.15) is 0 Å². The lowest BCUT2D eigenvalue weighted by Gasteiger charge is -2.36. The maximum absolute atomic E-state index is 12.4. The first-order valence-corrected chi connectivity index (χ1v) is 9.59. The Morgan fingerprint density at radius 2 is 1.69 bits per heavy atom. The van der Waals surface area contributed by atoms with Crippen molar-refractivity contribution in [2.75, 3.05) is 25.5 Å². The molecule has 1 aliphatic heterocycles. The third-order valence-electron chi connectivity index (χ3n) is 4.08. The van der Waals surface area contributed by atoms with Crippen LogP contribution >= 0.6 is 11.6 Å². The van der Waals surface area contributed by atoms with Crippen molar-refractivity contribution in [3.8, 4) is 0 Å². The minimum Gasteiger partial charge on any atom is -0.444 e. The summed E-state index contributed by atoms with van der Waals surface area (Å²) in [5, 5.41) is 5.52. The first-order chi connectivity index (χ1) is 11.9. The number of piperidine rings is 1. The van der Waals surface area contributed by atoms with E-state index in [0.717, 1.165) is 12.8 Å². The zero-order valence-corrected chi connectivity index (χ0v) is 17.2. The van der Waals surface area contributed by atoms with Crippen molar-refractivity contribution in [2.24, 2.45) is 5.41 Å². The summed E-state index contributed by atoms with van der Waals surface area (Å²) in [7, 11) is 0. The molecule has 7 nitrogen and oxygen atoms in total. The van der Waals surface area contributed by atoms with Crippen molar-refractivity contribution in [1.29, 1.82) is 0 Å². The van der Waals surface area contributed by atoms with E-state index < -0.39 is 17.1 Å². The molecule has 3 amide bonds. The lowest BCUT2D eigenvalue weighted by atomic mass is 9.92. The van der Waals surface area contributed by atoms with Gasteiger partial charge in [0.2, 0.25) is 11.8 Å². The van der Waals surface area contributed by atoms with Gasteiger partial charge < -0.3 is 20.3 Å². The Morgan fingerprint density at radius 1 is 1.12 bits per heavy atom. The maximum atomic E-state index is 12.4. The average molecular weight is 390 g/mol. The lowest BCUT2D eigenvalue weighted by Crippen LogP contribution is -2.50. The third kappa shape index (κ3) is 7.81. The van der Waals surface area contributed by atoms with Crippen molar-refractivity contribution >= 4 is 29.5 Å². The Balaban J connectivity index is 2.27. The van der Waals surface area contributed by atoms with E-state index in [0.29, 0.717) is 13.1 Å². The number of carbonyl (C=O) groups is 3. The van der Waals surface area contributed by atoms with Crippen LogP contribution in [0.25, 0.3) is 0 Å². The summed E-state index contributed by atoms with van der Waals surface area (Å²) in [5.41, 5.74) is -1.12. The summed E-state index contributed by atoms with van der Waals surface area (Å²) in [6, 6.07) is 0.0483. The van der Waals surface area contributed by atoms with E-state index in [1.54, 1.807) is 20.8 Å². The molecule has 1 heterocycles. The molecule has 0 aromatic carbocycles. The lowest BCUT2D eigenvalue weighted by molar-refractivity contribution is -0.140. The zero-order valence-electron chi connectivity index (χ0n) is 16.5. The van der Waals surface area contributed by atoms with E-state index in [1.807, 2.05) is 18.7 Å². The van der Waals surface area contributed by atoms with Gasteiger partial charge in [0.15, 0.2) is 0 Å². The first-order valence-electron chi connectivity index (χ1n) is 9.06. The van der Waals surface area contributed by atoms with Gasteiger partial charge in [-0.05, 0) is 47.5 Å². The molecule has 0 aliphatic carbocycles. The van der Waals surface area contributed by atoms with Crippen LogP contribution < -0.4 is 10.6 Å². The van der Waals surface area contributed by atoms with Crippen LogP contribution in [-0.4, -0.2) is 60.0 Å². The number of nitrogens with zero attached hydrogens (tertiary/aromatic N) is 1. The van der Waals surface area contributed by atoms with Gasteiger partial charge in [-0.15, -0.1) is 11.6 Å². The predicted octanol–water partition coefficient (Wildman–Crippen LogP) is 2.27. The number of alkyl halides is 1. The maximum Gasteiger partial charge on any atom is 0.407 e. The van der Waals surface area contributed by atoms with E-state index >= 15 is 0 Å². The van der Waals surface area contributed by atoms with Crippen LogP contribution in [0.4, 0.5) is 4.79 Å². The highest BCUT2D eigenvalue weighted by molar-refractivity contribution is 6.19. The molecule has 1 aliphatic rings. The van der Waals surface area contributed by atoms with Crippen LogP contribution in [0.15, 0.2) is 0 Å². The highest BCUT2D eigenvalue weighted by atomic mass is 35.5. The summed E-state index contributed by atoms with van der Waals surface area (Å²) in [6.45, 7) is 10.5. The fraction of sp³-hybridized carbons (Fsp3) is 0.833. The second-order valence-electron chi connectivity index (χ2n) is 8.33. The Hall–Kier alpha value is -1.50. The number of hydrogen-bond donors (Lipinski definition) is 2. The molecule has 26 heavy (non-hydrogen) atoms. The monoisotopic (exact) mass is 389 g/mol. The van der Waals surface area contributed by atoms with Gasteiger partial charge in [-0.1, -0.05) is 0 Å². The van der Waals surface area contributed by atoms with Gasteiger partial charge in [0.25, 0.3) is 0 Å².